The molecule has 18 heavy (non-hydrogen) atoms. The number of ether oxygens (including phenoxy) is 1. The van der Waals surface area contributed by atoms with Gasteiger partial charge in [0, 0.05) is 0 Å². The molecule has 8 nitrogen and oxygen atoms in total. The van der Waals surface area contributed by atoms with Gasteiger partial charge in [0.15, 0.2) is 0 Å². The third kappa shape index (κ3) is 1.89. The number of hydrogen-bond donors (Lipinski definition) is 5. The standard InChI is InChI=1S/C10H14N2O6/c11-10(17)3-1-12-5(6(3)14)9-8(16)7(15)4(2-13)18-9/h4,7-9,13-16H,1-2H2,(H2,11,17). The Balaban J connectivity index is 2.22. The quantitative estimate of drug-likeness (QED) is 0.370. The summed E-state index contributed by atoms with van der Waals surface area (Å²) >= 11 is 0. The topological polar surface area (TPSA) is 146 Å². The molecular weight excluding hydrogens is 244 g/mol. The number of amides is 1. The lowest BCUT2D eigenvalue weighted by molar-refractivity contribution is -0.114. The first-order chi connectivity index (χ1) is 8.47. The van der Waals surface area contributed by atoms with Crippen LogP contribution < -0.4 is 5.73 Å². The average Bonchev–Trinajstić information content (AvgIpc) is 2.82. The third-order valence-electron chi connectivity index (χ3n) is 3.05. The van der Waals surface area contributed by atoms with Gasteiger partial charge in [-0.25, -0.2) is 0 Å². The Labute approximate surface area is 102 Å². The zero-order valence-electron chi connectivity index (χ0n) is 9.35. The second kappa shape index (κ2) is 4.65. The third-order valence-corrected chi connectivity index (χ3v) is 3.05. The number of rotatable bonds is 3. The molecular formula is C10H14N2O6. The largest absolute Gasteiger partial charge is 0.505 e. The van der Waals surface area contributed by atoms with Crippen LogP contribution in [0.2, 0.25) is 0 Å². The number of carbonyl (C=O) groups excluding carboxylic acids is 1. The van der Waals surface area contributed by atoms with Crippen LogP contribution in [0.3, 0.4) is 0 Å². The van der Waals surface area contributed by atoms with E-state index >= 15 is 0 Å². The Morgan fingerprint density at radius 3 is 2.56 bits per heavy atom. The lowest BCUT2D eigenvalue weighted by Gasteiger charge is -2.14. The van der Waals surface area contributed by atoms with Gasteiger partial charge in [-0.2, -0.15) is 0 Å². The van der Waals surface area contributed by atoms with Gasteiger partial charge in [-0.3, -0.25) is 9.79 Å². The Morgan fingerprint density at radius 1 is 1.44 bits per heavy atom. The number of carbonyl (C=O) groups is 1. The van der Waals surface area contributed by atoms with E-state index in [0.29, 0.717) is 0 Å². The van der Waals surface area contributed by atoms with E-state index in [1.807, 2.05) is 0 Å². The summed E-state index contributed by atoms with van der Waals surface area (Å²) in [6, 6.07) is 0. The second-order valence-electron chi connectivity index (χ2n) is 4.15. The summed E-state index contributed by atoms with van der Waals surface area (Å²) in [6.07, 6.45) is -4.67. The van der Waals surface area contributed by atoms with Crippen molar-refractivity contribution in [2.45, 2.75) is 24.4 Å². The van der Waals surface area contributed by atoms with Crippen LogP contribution in [0.5, 0.6) is 0 Å². The molecule has 2 heterocycles. The van der Waals surface area contributed by atoms with Crippen molar-refractivity contribution in [1.82, 2.24) is 0 Å². The smallest absolute Gasteiger partial charge is 0.250 e. The second-order valence-corrected chi connectivity index (χ2v) is 4.15. The summed E-state index contributed by atoms with van der Waals surface area (Å²) in [5, 5.41) is 38.0. The molecule has 0 aromatic rings. The van der Waals surface area contributed by atoms with Crippen molar-refractivity contribution < 1.29 is 30.0 Å². The molecule has 0 bridgehead atoms. The number of aliphatic hydroxyl groups is 4. The summed E-state index contributed by atoms with van der Waals surface area (Å²) in [7, 11) is 0. The van der Waals surface area contributed by atoms with Crippen molar-refractivity contribution in [3.8, 4) is 0 Å². The van der Waals surface area contributed by atoms with Gasteiger partial charge in [0.2, 0.25) is 5.91 Å². The van der Waals surface area contributed by atoms with Crippen molar-refractivity contribution in [3.63, 3.8) is 0 Å². The fourth-order valence-electron chi connectivity index (χ4n) is 2.01. The van der Waals surface area contributed by atoms with Crippen LogP contribution in [0.1, 0.15) is 0 Å². The van der Waals surface area contributed by atoms with Crippen molar-refractivity contribution in [2.75, 3.05) is 13.2 Å². The fourth-order valence-corrected chi connectivity index (χ4v) is 2.01. The van der Waals surface area contributed by atoms with E-state index in [-0.39, 0.29) is 17.8 Å². The number of primary amides is 1. The number of aliphatic imine (C=N–C) groups is 1. The molecule has 0 saturated carbocycles. The molecule has 0 spiro atoms. The Hall–Kier alpha value is -1.48. The SMILES string of the molecule is NC(=O)C1=C(O)C(C2OC(CO)C(O)C2O)=NC1. The maximum Gasteiger partial charge on any atom is 0.250 e. The normalized spacial score (nSPS) is 36.1. The van der Waals surface area contributed by atoms with Gasteiger partial charge in [0.05, 0.1) is 18.7 Å². The molecule has 1 fully saturated rings. The van der Waals surface area contributed by atoms with Crippen molar-refractivity contribution in [2.24, 2.45) is 10.7 Å². The number of nitrogens with zero attached hydrogens (tertiary/aromatic N) is 1. The highest BCUT2D eigenvalue weighted by molar-refractivity contribution is 6.11. The zero-order valence-corrected chi connectivity index (χ0v) is 9.35. The van der Waals surface area contributed by atoms with Crippen molar-refractivity contribution in [1.29, 1.82) is 0 Å². The van der Waals surface area contributed by atoms with E-state index < -0.39 is 42.7 Å². The van der Waals surface area contributed by atoms with E-state index in [9.17, 15) is 20.1 Å². The summed E-state index contributed by atoms with van der Waals surface area (Å²) in [4.78, 5) is 14.8. The van der Waals surface area contributed by atoms with E-state index in [1.54, 1.807) is 0 Å². The first-order valence-corrected chi connectivity index (χ1v) is 5.36. The molecule has 8 heteroatoms. The average molecular weight is 258 g/mol. The van der Waals surface area contributed by atoms with E-state index in [1.165, 1.54) is 0 Å². The number of hydrogen-bond acceptors (Lipinski definition) is 7. The molecule has 4 atom stereocenters. The number of nitrogens with two attached hydrogens (primary N) is 1. The van der Waals surface area contributed by atoms with E-state index in [2.05, 4.69) is 4.99 Å². The van der Waals surface area contributed by atoms with Crippen LogP contribution in [0.4, 0.5) is 0 Å². The van der Waals surface area contributed by atoms with Crippen LogP contribution in [0.25, 0.3) is 0 Å². The fraction of sp³-hybridized carbons (Fsp3) is 0.600. The molecule has 1 amide bonds. The van der Waals surface area contributed by atoms with Crippen molar-refractivity contribution in [3.05, 3.63) is 11.3 Å². The van der Waals surface area contributed by atoms with Gasteiger partial charge in [-0.05, 0) is 0 Å². The lowest BCUT2D eigenvalue weighted by Crippen LogP contribution is -2.37. The highest BCUT2D eigenvalue weighted by Gasteiger charge is 2.47. The predicted molar refractivity (Wildman–Crippen MR) is 58.9 cm³/mol. The summed E-state index contributed by atoms with van der Waals surface area (Å²) < 4.78 is 5.19. The van der Waals surface area contributed by atoms with Gasteiger partial charge >= 0.3 is 0 Å². The highest BCUT2D eigenvalue weighted by Crippen LogP contribution is 2.27. The molecule has 6 N–H and O–H groups in total. The van der Waals surface area contributed by atoms with Crippen LogP contribution in [0.15, 0.2) is 16.3 Å². The van der Waals surface area contributed by atoms with Gasteiger partial charge in [-0.1, -0.05) is 0 Å². The summed E-state index contributed by atoms with van der Waals surface area (Å²) in [5.74, 6) is -1.24. The Morgan fingerprint density at radius 2 is 2.11 bits per heavy atom. The minimum Gasteiger partial charge on any atom is -0.505 e. The van der Waals surface area contributed by atoms with Crippen molar-refractivity contribution >= 4 is 11.6 Å². The first kappa shape index (κ1) is 13.0. The molecule has 1 saturated heterocycles. The molecule has 0 aliphatic carbocycles. The summed E-state index contributed by atoms with van der Waals surface area (Å²) in [6.45, 7) is -0.571. The molecule has 0 aromatic carbocycles. The molecule has 0 aromatic heterocycles. The summed E-state index contributed by atoms with van der Waals surface area (Å²) in [5.41, 5.74) is 4.94. The maximum atomic E-state index is 11.0. The van der Waals surface area contributed by atoms with Gasteiger partial charge in [0.25, 0.3) is 0 Å². The molecule has 100 valence electrons. The monoisotopic (exact) mass is 258 g/mol. The maximum absolute atomic E-state index is 11.0. The molecule has 4 unspecified atom stereocenters. The van der Waals surface area contributed by atoms with Gasteiger partial charge in [-0.15, -0.1) is 0 Å². The molecule has 2 aliphatic rings. The molecule has 2 rings (SSSR count). The highest BCUT2D eigenvalue weighted by atomic mass is 16.6. The molecule has 2 aliphatic heterocycles. The number of aliphatic hydroxyl groups excluding tert-OH is 4. The first-order valence-electron chi connectivity index (χ1n) is 5.36. The van der Waals surface area contributed by atoms with Crippen LogP contribution in [-0.4, -0.2) is 69.6 Å². The van der Waals surface area contributed by atoms with E-state index in [4.69, 9.17) is 15.6 Å². The van der Waals surface area contributed by atoms with Gasteiger partial charge < -0.3 is 30.9 Å². The van der Waals surface area contributed by atoms with Crippen LogP contribution in [-0.2, 0) is 9.53 Å². The minimum absolute atomic E-state index is 0.0358. The lowest BCUT2D eigenvalue weighted by atomic mass is 10.0. The van der Waals surface area contributed by atoms with Gasteiger partial charge in [0.1, 0.15) is 35.9 Å². The Bertz CT molecular complexity index is 432. The van der Waals surface area contributed by atoms with E-state index in [0.717, 1.165) is 0 Å². The van der Waals surface area contributed by atoms with Crippen LogP contribution in [0, 0.1) is 0 Å². The predicted octanol–water partition coefficient (Wildman–Crippen LogP) is -2.78. The minimum atomic E-state index is -1.34. The van der Waals surface area contributed by atoms with Crippen LogP contribution >= 0.6 is 0 Å². The zero-order chi connectivity index (χ0) is 13.4. The molecule has 0 radical (unpaired) electrons. The Kier molecular flexibility index (Phi) is 3.35.